The fourth-order valence-corrected chi connectivity index (χ4v) is 3.18. The lowest BCUT2D eigenvalue weighted by Gasteiger charge is -2.12. The normalized spacial score (nSPS) is 11.7. The van der Waals surface area contributed by atoms with Gasteiger partial charge in [-0.2, -0.15) is 5.26 Å². The van der Waals surface area contributed by atoms with Crippen LogP contribution in [0.2, 0.25) is 5.02 Å². The molecule has 0 aliphatic carbocycles. The number of thioether (sulfide) groups is 1. The van der Waals surface area contributed by atoms with Gasteiger partial charge in [0.2, 0.25) is 0 Å². The van der Waals surface area contributed by atoms with Gasteiger partial charge in [0.1, 0.15) is 18.7 Å². The lowest BCUT2D eigenvalue weighted by molar-refractivity contribution is 0.126. The van der Waals surface area contributed by atoms with Crippen LogP contribution in [-0.2, 0) is 0 Å². The zero-order valence-corrected chi connectivity index (χ0v) is 15.2. The van der Waals surface area contributed by atoms with Crippen LogP contribution in [0.25, 0.3) is 5.69 Å². The first-order valence-electron chi connectivity index (χ1n) is 7.75. The van der Waals surface area contributed by atoms with Gasteiger partial charge >= 0.3 is 0 Å². The van der Waals surface area contributed by atoms with Crippen LogP contribution in [0.4, 0.5) is 0 Å². The molecule has 0 bridgehead atoms. The van der Waals surface area contributed by atoms with Crippen molar-refractivity contribution in [2.45, 2.75) is 11.3 Å². The van der Waals surface area contributed by atoms with E-state index >= 15 is 0 Å². The van der Waals surface area contributed by atoms with Crippen LogP contribution >= 0.6 is 23.4 Å². The number of aromatic nitrogens is 3. The molecule has 6 nitrogen and oxygen atoms in total. The Kier molecular flexibility index (Phi) is 6.12. The second-order valence-corrected chi connectivity index (χ2v) is 6.80. The van der Waals surface area contributed by atoms with Gasteiger partial charge < -0.3 is 9.84 Å². The van der Waals surface area contributed by atoms with E-state index in [-0.39, 0.29) is 6.61 Å². The van der Waals surface area contributed by atoms with E-state index in [1.54, 1.807) is 36.7 Å². The molecule has 0 fully saturated rings. The number of benzene rings is 2. The number of rotatable bonds is 7. The van der Waals surface area contributed by atoms with Crippen LogP contribution in [-0.4, -0.2) is 38.3 Å². The molecule has 3 aromatic rings. The van der Waals surface area contributed by atoms with Crippen molar-refractivity contribution in [2.24, 2.45) is 0 Å². The summed E-state index contributed by atoms with van der Waals surface area (Å²) in [4.78, 5) is 0. The summed E-state index contributed by atoms with van der Waals surface area (Å²) in [5, 5.41) is 28.2. The van der Waals surface area contributed by atoms with Crippen LogP contribution in [0.5, 0.6) is 5.75 Å². The van der Waals surface area contributed by atoms with Crippen LogP contribution < -0.4 is 4.74 Å². The van der Waals surface area contributed by atoms with E-state index in [9.17, 15) is 5.11 Å². The van der Waals surface area contributed by atoms with E-state index in [1.807, 2.05) is 28.8 Å². The molecule has 8 heteroatoms. The van der Waals surface area contributed by atoms with Crippen LogP contribution in [0, 0.1) is 11.3 Å². The highest BCUT2D eigenvalue weighted by molar-refractivity contribution is 7.99. The summed E-state index contributed by atoms with van der Waals surface area (Å²) in [6.07, 6.45) is 0.924. The van der Waals surface area contributed by atoms with Crippen molar-refractivity contribution in [3.05, 3.63) is 65.4 Å². The Morgan fingerprint density at radius 2 is 2.08 bits per heavy atom. The van der Waals surface area contributed by atoms with Gasteiger partial charge in [0, 0.05) is 10.8 Å². The summed E-state index contributed by atoms with van der Waals surface area (Å²) in [5.41, 5.74) is 1.42. The van der Waals surface area contributed by atoms with Crippen molar-refractivity contribution in [3.63, 3.8) is 0 Å². The highest BCUT2D eigenvalue weighted by atomic mass is 35.5. The van der Waals surface area contributed by atoms with E-state index in [0.29, 0.717) is 27.2 Å². The number of hydrogen-bond acceptors (Lipinski definition) is 6. The van der Waals surface area contributed by atoms with Gasteiger partial charge in [-0.25, -0.2) is 0 Å². The molecule has 0 saturated heterocycles. The van der Waals surface area contributed by atoms with Gasteiger partial charge in [-0.05, 0) is 42.5 Å². The third-order valence-electron chi connectivity index (χ3n) is 3.43. The number of ether oxygens (including phenoxy) is 1. The summed E-state index contributed by atoms with van der Waals surface area (Å²) >= 11 is 7.40. The molecule has 0 radical (unpaired) electrons. The molecule has 2 aromatic carbocycles. The summed E-state index contributed by atoms with van der Waals surface area (Å²) in [6, 6.07) is 16.2. The van der Waals surface area contributed by atoms with E-state index in [2.05, 4.69) is 10.2 Å². The highest BCUT2D eigenvalue weighted by Crippen LogP contribution is 2.22. The fourth-order valence-electron chi connectivity index (χ4n) is 2.16. The van der Waals surface area contributed by atoms with Gasteiger partial charge in [-0.3, -0.25) is 4.57 Å². The second kappa shape index (κ2) is 8.72. The minimum atomic E-state index is -0.680. The largest absolute Gasteiger partial charge is 0.491 e. The van der Waals surface area contributed by atoms with E-state index in [4.69, 9.17) is 21.6 Å². The van der Waals surface area contributed by atoms with Crippen molar-refractivity contribution in [1.29, 1.82) is 5.26 Å². The number of halogens is 1. The minimum Gasteiger partial charge on any atom is -0.491 e. The lowest BCUT2D eigenvalue weighted by Crippen LogP contribution is -2.20. The Morgan fingerprint density at radius 3 is 2.81 bits per heavy atom. The fraction of sp³-hybridized carbons (Fsp3) is 0.167. The monoisotopic (exact) mass is 386 g/mol. The Balaban J connectivity index is 1.54. The molecule has 0 saturated carbocycles. The van der Waals surface area contributed by atoms with E-state index in [0.717, 1.165) is 5.69 Å². The summed E-state index contributed by atoms with van der Waals surface area (Å²) < 4.78 is 7.35. The Bertz CT molecular complexity index is 908. The first kappa shape index (κ1) is 18.3. The number of aliphatic hydroxyl groups excluding tert-OH is 1. The molecule has 1 N–H and O–H groups in total. The molecular formula is C18H15ClN4O2S. The topological polar surface area (TPSA) is 84.0 Å². The van der Waals surface area contributed by atoms with E-state index < -0.39 is 6.10 Å². The standard InChI is InChI=1S/C18H15ClN4O2S/c19-14-2-1-3-15(8-14)23-12-21-22-18(23)26-11-16(24)10-25-17-6-4-13(9-20)5-7-17/h1-8,12,16,24H,10-11H2. The Morgan fingerprint density at radius 1 is 1.27 bits per heavy atom. The first-order valence-corrected chi connectivity index (χ1v) is 9.12. The average molecular weight is 387 g/mol. The molecule has 0 aliphatic rings. The predicted molar refractivity (Wildman–Crippen MR) is 99.8 cm³/mol. The Hall–Kier alpha value is -2.53. The van der Waals surface area contributed by atoms with Gasteiger partial charge in [0.05, 0.1) is 23.4 Å². The molecule has 1 aromatic heterocycles. The number of hydrogen-bond donors (Lipinski definition) is 1. The van der Waals surface area contributed by atoms with Gasteiger partial charge in [-0.15, -0.1) is 10.2 Å². The van der Waals surface area contributed by atoms with Gasteiger partial charge in [0.25, 0.3) is 0 Å². The minimum absolute atomic E-state index is 0.143. The van der Waals surface area contributed by atoms with Crippen molar-refractivity contribution < 1.29 is 9.84 Å². The van der Waals surface area contributed by atoms with Crippen molar-refractivity contribution in [3.8, 4) is 17.5 Å². The van der Waals surface area contributed by atoms with Crippen molar-refractivity contribution in [1.82, 2.24) is 14.8 Å². The zero-order chi connectivity index (χ0) is 18.4. The second-order valence-electron chi connectivity index (χ2n) is 5.38. The number of nitriles is 1. The molecule has 3 rings (SSSR count). The van der Waals surface area contributed by atoms with Crippen molar-refractivity contribution in [2.75, 3.05) is 12.4 Å². The SMILES string of the molecule is N#Cc1ccc(OCC(O)CSc2nncn2-c2cccc(Cl)c2)cc1. The summed E-state index contributed by atoms with van der Waals surface area (Å²) in [7, 11) is 0. The third kappa shape index (κ3) is 4.76. The number of nitrogens with zero attached hydrogens (tertiary/aromatic N) is 4. The lowest BCUT2D eigenvalue weighted by atomic mass is 10.2. The van der Waals surface area contributed by atoms with Gasteiger partial charge in [0.15, 0.2) is 5.16 Å². The molecule has 1 atom stereocenters. The van der Waals surface area contributed by atoms with Crippen LogP contribution in [0.1, 0.15) is 5.56 Å². The van der Waals surface area contributed by atoms with Crippen LogP contribution in [0.3, 0.4) is 0 Å². The molecule has 0 amide bonds. The maximum atomic E-state index is 10.1. The molecule has 1 unspecified atom stereocenters. The first-order chi connectivity index (χ1) is 12.7. The van der Waals surface area contributed by atoms with E-state index in [1.165, 1.54) is 11.8 Å². The van der Waals surface area contributed by atoms with Gasteiger partial charge in [-0.1, -0.05) is 29.4 Å². The summed E-state index contributed by atoms with van der Waals surface area (Å²) in [6.45, 7) is 0.143. The molecule has 132 valence electrons. The van der Waals surface area contributed by atoms with Crippen LogP contribution in [0.15, 0.2) is 60.0 Å². The maximum absolute atomic E-state index is 10.1. The average Bonchev–Trinajstić information content (AvgIpc) is 3.14. The zero-order valence-electron chi connectivity index (χ0n) is 13.6. The molecule has 26 heavy (non-hydrogen) atoms. The molecule has 0 spiro atoms. The molecule has 1 heterocycles. The summed E-state index contributed by atoms with van der Waals surface area (Å²) in [5.74, 6) is 1.00. The predicted octanol–water partition coefficient (Wildman–Crippen LogP) is 3.32. The number of aliphatic hydroxyl groups is 1. The smallest absolute Gasteiger partial charge is 0.195 e. The Labute approximate surface area is 160 Å². The van der Waals surface area contributed by atoms with Crippen molar-refractivity contribution >= 4 is 23.4 Å². The molecule has 0 aliphatic heterocycles. The third-order valence-corrected chi connectivity index (χ3v) is 4.76. The maximum Gasteiger partial charge on any atom is 0.195 e. The highest BCUT2D eigenvalue weighted by Gasteiger charge is 2.12. The molecular weight excluding hydrogens is 372 g/mol. The quantitative estimate of drug-likeness (QED) is 0.627.